The van der Waals surface area contributed by atoms with Gasteiger partial charge in [-0.25, -0.2) is 9.78 Å². The molecule has 0 spiro atoms. The van der Waals surface area contributed by atoms with E-state index in [2.05, 4.69) is 20.6 Å². The molecule has 6 rings (SSSR count). The number of nitrogens with one attached hydrogen (secondary N) is 2. The third-order valence-corrected chi connectivity index (χ3v) is 10.7. The minimum Gasteiger partial charge on any atom is -0.497 e. The summed E-state index contributed by atoms with van der Waals surface area (Å²) >= 11 is 13.6. The minimum atomic E-state index is -0.456. The summed E-state index contributed by atoms with van der Waals surface area (Å²) in [7, 11) is 8.43. The molecule has 2 aliphatic heterocycles. The SMILES string of the molecule is COc1ccc(Nc2ncc3c(n2)N(C2CCC(NC(=O)/C=C/C[N+](C)(C)CC4=C([N+](=O)[O-])N=CC4)CC2)C(=O)N(c2c(Cl)c(OC)cc(OC)c2Cl)C3)cc1. The lowest BCUT2D eigenvalue weighted by molar-refractivity contribution is -0.880. The average Bonchev–Trinajstić information content (AvgIpc) is 3.64. The number of urea groups is 1. The largest absolute Gasteiger partial charge is 0.497 e. The van der Waals surface area contributed by atoms with Crippen LogP contribution in [0.4, 0.5) is 27.9 Å². The van der Waals surface area contributed by atoms with Crippen molar-refractivity contribution in [2.75, 3.05) is 63.6 Å². The second-order valence-electron chi connectivity index (χ2n) is 14.3. The quantitative estimate of drug-likeness (QED) is 0.0790. The van der Waals surface area contributed by atoms with Gasteiger partial charge in [-0.3, -0.25) is 14.6 Å². The highest BCUT2D eigenvalue weighted by Gasteiger charge is 2.41. The summed E-state index contributed by atoms with van der Waals surface area (Å²) < 4.78 is 16.7. The van der Waals surface area contributed by atoms with E-state index in [1.54, 1.807) is 36.6 Å². The smallest absolute Gasteiger partial charge is 0.368 e. The van der Waals surface area contributed by atoms with Crippen LogP contribution >= 0.6 is 23.2 Å². The number of aliphatic imine (C=N–C) groups is 1. The van der Waals surface area contributed by atoms with Crippen LogP contribution < -0.4 is 34.6 Å². The fourth-order valence-corrected chi connectivity index (χ4v) is 7.85. The predicted molar refractivity (Wildman–Crippen MR) is 214 cm³/mol. The number of ether oxygens (including phenoxy) is 3. The number of aromatic nitrogens is 2. The molecule has 0 bridgehead atoms. The molecule has 16 nitrogen and oxygen atoms in total. The van der Waals surface area contributed by atoms with E-state index in [-0.39, 0.29) is 52.1 Å². The molecule has 1 aromatic heterocycles. The van der Waals surface area contributed by atoms with Crippen molar-refractivity contribution in [2.45, 2.75) is 50.7 Å². The van der Waals surface area contributed by atoms with Crippen molar-refractivity contribution in [1.82, 2.24) is 15.3 Å². The predicted octanol–water partition coefficient (Wildman–Crippen LogP) is 6.52. The minimum absolute atomic E-state index is 0.0821. The van der Waals surface area contributed by atoms with E-state index < -0.39 is 4.92 Å². The summed E-state index contributed by atoms with van der Waals surface area (Å²) in [5, 5.41) is 17.9. The summed E-state index contributed by atoms with van der Waals surface area (Å²) in [6.07, 6.45) is 9.33. The van der Waals surface area contributed by atoms with Gasteiger partial charge in [-0.2, -0.15) is 4.98 Å². The Hall–Kier alpha value is -5.45. The number of carbonyl (C=O) groups excluding carboxylic acids is 2. The van der Waals surface area contributed by atoms with Crippen LogP contribution in [0, 0.1) is 10.1 Å². The number of methoxy groups -OCH3 is 3. The molecular formula is C38H44Cl2N9O7+. The molecule has 56 heavy (non-hydrogen) atoms. The van der Waals surface area contributed by atoms with Crippen LogP contribution in [0.25, 0.3) is 0 Å². The number of amides is 3. The Morgan fingerprint density at radius 3 is 2.36 bits per heavy atom. The number of nitrogens with zero attached hydrogens (tertiary/aromatic N) is 7. The molecule has 3 heterocycles. The second-order valence-corrected chi connectivity index (χ2v) is 15.0. The van der Waals surface area contributed by atoms with E-state index in [4.69, 9.17) is 42.4 Å². The molecule has 0 saturated heterocycles. The van der Waals surface area contributed by atoms with Crippen molar-refractivity contribution in [2.24, 2.45) is 4.99 Å². The molecule has 2 aromatic carbocycles. The maximum Gasteiger partial charge on any atom is 0.368 e. The molecule has 0 atom stereocenters. The van der Waals surface area contributed by atoms with Gasteiger partial charge in [0.25, 0.3) is 0 Å². The van der Waals surface area contributed by atoms with Crippen molar-refractivity contribution in [1.29, 1.82) is 0 Å². The molecule has 3 aromatic rings. The maximum atomic E-state index is 14.7. The molecule has 3 amide bonds. The van der Waals surface area contributed by atoms with Crippen molar-refractivity contribution in [3.05, 3.63) is 85.8 Å². The first kappa shape index (κ1) is 40.2. The van der Waals surface area contributed by atoms with E-state index in [9.17, 15) is 19.7 Å². The van der Waals surface area contributed by atoms with Crippen molar-refractivity contribution < 1.29 is 33.2 Å². The molecule has 296 valence electrons. The van der Waals surface area contributed by atoms with Crippen molar-refractivity contribution in [3.63, 3.8) is 0 Å². The lowest BCUT2D eigenvalue weighted by Gasteiger charge is -2.43. The number of quaternary nitrogens is 1. The molecule has 1 saturated carbocycles. The Balaban J connectivity index is 1.19. The highest BCUT2D eigenvalue weighted by Crippen LogP contribution is 2.48. The monoisotopic (exact) mass is 808 g/mol. The van der Waals surface area contributed by atoms with Gasteiger partial charge in [-0.05, 0) is 60.9 Å². The van der Waals surface area contributed by atoms with Crippen LogP contribution in [0.5, 0.6) is 17.2 Å². The average molecular weight is 810 g/mol. The first-order valence-corrected chi connectivity index (χ1v) is 18.7. The van der Waals surface area contributed by atoms with Gasteiger partial charge in [0.2, 0.25) is 11.9 Å². The lowest BCUT2D eigenvalue weighted by Crippen LogP contribution is -2.54. The Bertz CT molecular complexity index is 2060. The Kier molecular flexibility index (Phi) is 12.3. The Morgan fingerprint density at radius 2 is 1.73 bits per heavy atom. The van der Waals surface area contributed by atoms with Gasteiger partial charge >= 0.3 is 11.9 Å². The van der Waals surface area contributed by atoms with Crippen LogP contribution in [0.2, 0.25) is 10.0 Å². The Labute approximate surface area is 334 Å². The van der Waals surface area contributed by atoms with Crippen molar-refractivity contribution in [3.8, 4) is 17.2 Å². The molecule has 3 aliphatic rings. The number of hydrogen-bond acceptors (Lipinski definition) is 11. The number of anilines is 4. The summed E-state index contributed by atoms with van der Waals surface area (Å²) in [6.45, 7) is 1.01. The number of fused-ring (bicyclic) bond motifs is 1. The molecule has 18 heteroatoms. The van der Waals surface area contributed by atoms with Crippen LogP contribution in [-0.2, 0) is 11.3 Å². The molecule has 1 aliphatic carbocycles. The zero-order valence-electron chi connectivity index (χ0n) is 31.8. The van der Waals surface area contributed by atoms with E-state index in [0.29, 0.717) is 89.8 Å². The van der Waals surface area contributed by atoms with Gasteiger partial charge in [0, 0.05) is 48.1 Å². The van der Waals surface area contributed by atoms with Crippen molar-refractivity contribution >= 4 is 64.5 Å². The van der Waals surface area contributed by atoms with Crippen LogP contribution in [0.1, 0.15) is 37.7 Å². The summed E-state index contributed by atoms with van der Waals surface area (Å²) in [5.74, 6) is 1.73. The van der Waals surface area contributed by atoms with Crippen LogP contribution in [0.3, 0.4) is 0 Å². The molecule has 0 unspecified atom stereocenters. The number of carbonyl (C=O) groups is 2. The zero-order valence-corrected chi connectivity index (χ0v) is 33.3. The lowest BCUT2D eigenvalue weighted by atomic mass is 9.89. The van der Waals surface area contributed by atoms with Gasteiger partial charge in [-0.15, -0.1) is 0 Å². The van der Waals surface area contributed by atoms with Gasteiger partial charge in [0.05, 0.1) is 59.8 Å². The van der Waals surface area contributed by atoms with Crippen LogP contribution in [-0.4, -0.2) is 98.1 Å². The number of nitro groups is 1. The van der Waals surface area contributed by atoms with E-state index in [0.717, 1.165) is 5.69 Å². The molecule has 2 N–H and O–H groups in total. The van der Waals surface area contributed by atoms with Gasteiger partial charge in [0.15, 0.2) is 0 Å². The van der Waals surface area contributed by atoms with E-state index in [1.165, 1.54) is 25.2 Å². The van der Waals surface area contributed by atoms with Gasteiger partial charge in [0.1, 0.15) is 45.9 Å². The summed E-state index contributed by atoms with van der Waals surface area (Å²) in [5.41, 5.74) is 2.32. The maximum absolute atomic E-state index is 14.7. The summed E-state index contributed by atoms with van der Waals surface area (Å²) in [4.78, 5) is 55.0. The Morgan fingerprint density at radius 1 is 1.05 bits per heavy atom. The third-order valence-electron chi connectivity index (χ3n) is 9.94. The molecule has 1 fully saturated rings. The molecule has 0 radical (unpaired) electrons. The standard InChI is InChI=1S/C38H43Cl2N9O7/c1-49(2,22-23-16-17-41-35(23)48(52)53)18-6-7-31(50)43-25-8-12-27(13-9-25)47-36-24(20-42-37(45-36)44-26-10-14-28(54-3)15-11-26)21-46(38(47)51)34-32(39)29(55-4)19-30(56-5)33(34)40/h6-7,10-11,14-15,17,19-20,25,27H,8-9,12-13,16,18,21-22H2,1-5H3,(H-,42,43,44,45,50)/p+1/b7-6+. The highest BCUT2D eigenvalue weighted by molar-refractivity contribution is 6.42. The number of likely N-dealkylation sites (N-methyl/N-ethyl adjacent to an activating group) is 1. The summed E-state index contributed by atoms with van der Waals surface area (Å²) in [6, 6.07) is 8.11. The van der Waals surface area contributed by atoms with Gasteiger partial charge < -0.3 is 39.4 Å². The normalized spacial score (nSPS) is 18.3. The second kappa shape index (κ2) is 17.1. The third kappa shape index (κ3) is 8.82. The number of hydrogen-bond donors (Lipinski definition) is 2. The molecular weight excluding hydrogens is 765 g/mol. The fourth-order valence-electron chi connectivity index (χ4n) is 7.14. The topological polar surface area (TPSA) is 174 Å². The highest BCUT2D eigenvalue weighted by atomic mass is 35.5. The fraction of sp³-hybridized carbons (Fsp3) is 0.395. The number of benzene rings is 2. The van der Waals surface area contributed by atoms with E-state index >= 15 is 0 Å². The van der Waals surface area contributed by atoms with E-state index in [1.807, 2.05) is 38.4 Å². The first-order valence-electron chi connectivity index (χ1n) is 18.0. The first-order chi connectivity index (χ1) is 26.8. The van der Waals surface area contributed by atoms with Gasteiger partial charge in [-0.1, -0.05) is 28.2 Å². The number of rotatable bonds is 14. The number of halogens is 2. The van der Waals surface area contributed by atoms with Crippen LogP contribution in [0.15, 0.2) is 65.1 Å². The zero-order chi connectivity index (χ0) is 40.1.